The quantitative estimate of drug-likeness (QED) is 0.764. The molecule has 27 heavy (non-hydrogen) atoms. The second-order valence-corrected chi connectivity index (χ2v) is 8.72. The van der Waals surface area contributed by atoms with Crippen LogP contribution in [-0.2, 0) is 25.1 Å². The molecule has 0 fully saturated rings. The molecule has 0 saturated carbocycles. The van der Waals surface area contributed by atoms with Crippen LogP contribution < -0.4 is 0 Å². The SMILES string of the molecule is CCOC(=O)C1=CCN2C(c3ccc(C)cc3)(C1)c1ccccc1S2(=O)=O. The van der Waals surface area contributed by atoms with Gasteiger partial charge in [-0.3, -0.25) is 0 Å². The number of carbonyl (C=O) groups excluding carboxylic acids is 1. The maximum Gasteiger partial charge on any atom is 0.333 e. The standard InChI is InChI=1S/C21H21NO4S/c1-3-26-20(23)16-12-13-22-21(14-16,17-10-8-15(2)9-11-17)18-6-4-5-7-19(18)27(22,24)25/h4-12H,3,13-14H2,1-2H3. The van der Waals surface area contributed by atoms with Crippen molar-refractivity contribution in [2.45, 2.75) is 30.7 Å². The summed E-state index contributed by atoms with van der Waals surface area (Å²) in [5.41, 5.74) is 2.24. The van der Waals surface area contributed by atoms with Crippen molar-refractivity contribution in [2.75, 3.05) is 13.2 Å². The molecule has 0 amide bonds. The van der Waals surface area contributed by atoms with E-state index in [0.29, 0.717) is 16.0 Å². The minimum Gasteiger partial charge on any atom is -0.463 e. The van der Waals surface area contributed by atoms with Crippen LogP contribution in [0.2, 0.25) is 0 Å². The first kappa shape index (κ1) is 17.9. The molecule has 5 nitrogen and oxygen atoms in total. The summed E-state index contributed by atoms with van der Waals surface area (Å²) in [6.07, 6.45) is 1.93. The van der Waals surface area contributed by atoms with Gasteiger partial charge in [-0.15, -0.1) is 0 Å². The van der Waals surface area contributed by atoms with Crippen molar-refractivity contribution in [3.8, 4) is 0 Å². The average molecular weight is 383 g/mol. The number of sulfonamides is 1. The largest absolute Gasteiger partial charge is 0.463 e. The van der Waals surface area contributed by atoms with E-state index in [-0.39, 0.29) is 25.5 Å². The fourth-order valence-electron chi connectivity index (χ4n) is 4.08. The summed E-state index contributed by atoms with van der Waals surface area (Å²) < 4.78 is 33.2. The van der Waals surface area contributed by atoms with Gasteiger partial charge in [0, 0.05) is 18.5 Å². The van der Waals surface area contributed by atoms with E-state index in [0.717, 1.165) is 11.1 Å². The molecule has 0 aromatic heterocycles. The van der Waals surface area contributed by atoms with E-state index >= 15 is 0 Å². The fraction of sp³-hybridized carbons (Fsp3) is 0.286. The van der Waals surface area contributed by atoms with Crippen molar-refractivity contribution < 1.29 is 17.9 Å². The van der Waals surface area contributed by atoms with Crippen LogP contribution in [0, 0.1) is 6.92 Å². The van der Waals surface area contributed by atoms with E-state index in [1.165, 1.54) is 4.31 Å². The van der Waals surface area contributed by atoms with Crippen LogP contribution in [0.5, 0.6) is 0 Å². The number of rotatable bonds is 3. The smallest absolute Gasteiger partial charge is 0.333 e. The maximum atomic E-state index is 13.2. The molecule has 0 bridgehead atoms. The van der Waals surface area contributed by atoms with Gasteiger partial charge < -0.3 is 4.74 Å². The minimum absolute atomic E-state index is 0.138. The minimum atomic E-state index is -3.65. The van der Waals surface area contributed by atoms with E-state index in [9.17, 15) is 13.2 Å². The summed E-state index contributed by atoms with van der Waals surface area (Å²) in [7, 11) is -3.65. The zero-order valence-corrected chi connectivity index (χ0v) is 16.1. The highest BCUT2D eigenvalue weighted by Gasteiger charge is 2.56. The fourth-order valence-corrected chi connectivity index (χ4v) is 6.03. The summed E-state index contributed by atoms with van der Waals surface area (Å²) >= 11 is 0. The molecular formula is C21H21NO4S. The van der Waals surface area contributed by atoms with Gasteiger partial charge in [0.2, 0.25) is 10.0 Å². The third kappa shape index (κ3) is 2.55. The average Bonchev–Trinajstić information content (AvgIpc) is 2.88. The normalized spacial score (nSPS) is 23.3. The second-order valence-electron chi connectivity index (χ2n) is 6.89. The van der Waals surface area contributed by atoms with E-state index in [1.54, 1.807) is 25.1 Å². The van der Waals surface area contributed by atoms with Gasteiger partial charge >= 0.3 is 5.97 Å². The third-order valence-corrected chi connectivity index (χ3v) is 7.30. The summed E-state index contributed by atoms with van der Waals surface area (Å²) in [6.45, 7) is 4.17. The Morgan fingerprint density at radius 2 is 1.85 bits per heavy atom. The molecule has 2 aliphatic rings. The van der Waals surface area contributed by atoms with Gasteiger partial charge in [-0.05, 0) is 31.0 Å². The first-order valence-corrected chi connectivity index (χ1v) is 10.4. The van der Waals surface area contributed by atoms with Gasteiger partial charge in [0.1, 0.15) is 0 Å². The molecule has 2 aromatic rings. The van der Waals surface area contributed by atoms with Crippen molar-refractivity contribution in [1.29, 1.82) is 0 Å². The van der Waals surface area contributed by atoms with Gasteiger partial charge in [-0.25, -0.2) is 13.2 Å². The van der Waals surface area contributed by atoms with Crippen LogP contribution in [0.4, 0.5) is 0 Å². The molecule has 4 rings (SSSR count). The first-order valence-electron chi connectivity index (χ1n) is 8.97. The number of aryl methyl sites for hydroxylation is 1. The lowest BCUT2D eigenvalue weighted by atomic mass is 9.76. The lowest BCUT2D eigenvalue weighted by molar-refractivity contribution is -0.139. The number of esters is 1. The highest BCUT2D eigenvalue weighted by Crippen LogP contribution is 2.53. The molecule has 0 aliphatic carbocycles. The monoisotopic (exact) mass is 383 g/mol. The summed E-state index contributed by atoms with van der Waals surface area (Å²) in [5, 5.41) is 0. The van der Waals surface area contributed by atoms with Crippen molar-refractivity contribution in [3.05, 3.63) is 76.9 Å². The summed E-state index contributed by atoms with van der Waals surface area (Å²) in [6, 6.07) is 14.9. The molecule has 2 aliphatic heterocycles. The molecular weight excluding hydrogens is 362 g/mol. The Morgan fingerprint density at radius 3 is 2.56 bits per heavy atom. The predicted octanol–water partition coefficient (Wildman–Crippen LogP) is 3.14. The number of fused-ring (bicyclic) bond motifs is 3. The molecule has 0 N–H and O–H groups in total. The number of hydrogen-bond acceptors (Lipinski definition) is 4. The van der Waals surface area contributed by atoms with Crippen LogP contribution in [0.1, 0.15) is 30.0 Å². The number of carbonyl (C=O) groups is 1. The Kier molecular flexibility index (Phi) is 4.20. The topological polar surface area (TPSA) is 63.7 Å². The van der Waals surface area contributed by atoms with Gasteiger partial charge in [0.15, 0.2) is 0 Å². The Morgan fingerprint density at radius 1 is 1.15 bits per heavy atom. The van der Waals surface area contributed by atoms with E-state index in [1.807, 2.05) is 43.3 Å². The molecule has 1 atom stereocenters. The molecule has 2 heterocycles. The highest BCUT2D eigenvalue weighted by atomic mass is 32.2. The molecule has 2 aromatic carbocycles. The van der Waals surface area contributed by atoms with Gasteiger partial charge in [-0.1, -0.05) is 54.1 Å². The zero-order valence-electron chi connectivity index (χ0n) is 15.3. The van der Waals surface area contributed by atoms with Crippen molar-refractivity contribution in [1.82, 2.24) is 4.31 Å². The Bertz CT molecular complexity index is 1040. The summed E-state index contributed by atoms with van der Waals surface area (Å²) in [5.74, 6) is -0.384. The van der Waals surface area contributed by atoms with Gasteiger partial charge in [0.25, 0.3) is 0 Å². The maximum absolute atomic E-state index is 13.2. The van der Waals surface area contributed by atoms with E-state index < -0.39 is 15.6 Å². The zero-order chi connectivity index (χ0) is 19.2. The Hall–Kier alpha value is -2.44. The van der Waals surface area contributed by atoms with E-state index in [4.69, 9.17) is 4.74 Å². The molecule has 1 unspecified atom stereocenters. The Balaban J connectivity index is 1.97. The first-order chi connectivity index (χ1) is 12.9. The summed E-state index contributed by atoms with van der Waals surface area (Å²) in [4.78, 5) is 12.7. The van der Waals surface area contributed by atoms with Crippen LogP contribution in [0.25, 0.3) is 0 Å². The number of ether oxygens (including phenoxy) is 1. The van der Waals surface area contributed by atoms with Crippen molar-refractivity contribution >= 4 is 16.0 Å². The third-order valence-electron chi connectivity index (χ3n) is 5.34. The van der Waals surface area contributed by atoms with Crippen LogP contribution in [0.3, 0.4) is 0 Å². The number of benzene rings is 2. The molecule has 0 saturated heterocycles. The predicted molar refractivity (Wildman–Crippen MR) is 102 cm³/mol. The molecule has 6 heteroatoms. The molecule has 140 valence electrons. The molecule has 0 radical (unpaired) electrons. The van der Waals surface area contributed by atoms with Gasteiger partial charge in [-0.2, -0.15) is 4.31 Å². The molecule has 0 spiro atoms. The van der Waals surface area contributed by atoms with Crippen molar-refractivity contribution in [3.63, 3.8) is 0 Å². The van der Waals surface area contributed by atoms with Crippen LogP contribution in [-0.4, -0.2) is 31.8 Å². The number of nitrogens with zero attached hydrogens (tertiary/aromatic N) is 1. The van der Waals surface area contributed by atoms with Gasteiger partial charge in [0.05, 0.1) is 17.0 Å². The number of hydrogen-bond donors (Lipinski definition) is 0. The second kappa shape index (κ2) is 6.32. The lowest BCUT2D eigenvalue weighted by Crippen LogP contribution is -2.48. The van der Waals surface area contributed by atoms with Crippen molar-refractivity contribution in [2.24, 2.45) is 0 Å². The lowest BCUT2D eigenvalue weighted by Gasteiger charge is -2.41. The van der Waals surface area contributed by atoms with E-state index in [2.05, 4.69) is 0 Å². The van der Waals surface area contributed by atoms with Crippen LogP contribution in [0.15, 0.2) is 65.1 Å². The Labute approximate surface area is 159 Å². The highest BCUT2D eigenvalue weighted by molar-refractivity contribution is 7.89. The van der Waals surface area contributed by atoms with Crippen LogP contribution >= 0.6 is 0 Å².